The maximum absolute atomic E-state index is 12.8. The van der Waals surface area contributed by atoms with Crippen molar-refractivity contribution in [3.63, 3.8) is 0 Å². The molecule has 3 N–H and O–H groups in total. The van der Waals surface area contributed by atoms with Crippen molar-refractivity contribution >= 4 is 35.2 Å². The number of amides is 5. The highest BCUT2D eigenvalue weighted by atomic mass is 16.5. The number of piperidine rings is 1. The summed E-state index contributed by atoms with van der Waals surface area (Å²) in [4.78, 5) is 62.8. The Kier molecular flexibility index (Phi) is 5.94. The molecule has 10 heteroatoms. The molecule has 5 rings (SSSR count). The van der Waals surface area contributed by atoms with Crippen molar-refractivity contribution in [2.75, 3.05) is 11.9 Å². The van der Waals surface area contributed by atoms with Gasteiger partial charge in [-0.1, -0.05) is 12.1 Å². The summed E-state index contributed by atoms with van der Waals surface area (Å²) >= 11 is 0. The number of ether oxygens (including phenoxy) is 1. The maximum Gasteiger partial charge on any atom is 0.262 e. The highest BCUT2D eigenvalue weighted by Crippen LogP contribution is 2.30. The smallest absolute Gasteiger partial charge is 0.262 e. The third-order valence-electron chi connectivity index (χ3n) is 6.22. The monoisotopic (exact) mass is 476 g/mol. The predicted octanol–water partition coefficient (Wildman–Crippen LogP) is 1.36. The van der Waals surface area contributed by atoms with Gasteiger partial charge in [-0.25, -0.2) is 0 Å². The average Bonchev–Trinajstić information content (AvgIpc) is 3.59. The quantitative estimate of drug-likeness (QED) is 0.517. The Morgan fingerprint density at radius 3 is 2.63 bits per heavy atom. The van der Waals surface area contributed by atoms with Crippen molar-refractivity contribution in [3.05, 3.63) is 59.2 Å². The van der Waals surface area contributed by atoms with Gasteiger partial charge in [-0.2, -0.15) is 0 Å². The molecule has 0 aromatic heterocycles. The number of nitrogens with zero attached hydrogens (tertiary/aromatic N) is 1. The van der Waals surface area contributed by atoms with E-state index in [0.29, 0.717) is 28.1 Å². The molecule has 0 bridgehead atoms. The van der Waals surface area contributed by atoms with Crippen LogP contribution in [0.5, 0.6) is 5.75 Å². The van der Waals surface area contributed by atoms with Crippen molar-refractivity contribution in [2.24, 2.45) is 0 Å². The third-order valence-corrected chi connectivity index (χ3v) is 6.22. The standard InChI is InChI=1S/C25H24N4O6/c30-21-10-9-20(24(33)28-21)29-12-14-11-16(7-8-17(14)25(29)34)35-13-22(31)27-19-4-2-1-3-18(19)23(32)26-15-5-6-15/h1-4,7-8,11,15,20H,5-6,9-10,12-13H2,(H,26,32)(H,27,31)(H,28,30,33). The van der Waals surface area contributed by atoms with Crippen LogP contribution in [0.15, 0.2) is 42.5 Å². The molecule has 2 aliphatic heterocycles. The highest BCUT2D eigenvalue weighted by molar-refractivity contribution is 6.06. The summed E-state index contributed by atoms with van der Waals surface area (Å²) in [6.07, 6.45) is 2.40. The Hall–Kier alpha value is -4.21. The van der Waals surface area contributed by atoms with Crippen LogP contribution >= 0.6 is 0 Å². The van der Waals surface area contributed by atoms with E-state index in [1.807, 2.05) is 0 Å². The van der Waals surface area contributed by atoms with Crippen molar-refractivity contribution in [3.8, 4) is 5.75 Å². The normalized spacial score (nSPS) is 19.1. The van der Waals surface area contributed by atoms with Gasteiger partial charge in [-0.05, 0) is 55.2 Å². The Labute approximate surface area is 201 Å². The first-order chi connectivity index (χ1) is 16.9. The fourth-order valence-electron chi connectivity index (χ4n) is 4.26. The number of hydrogen-bond acceptors (Lipinski definition) is 6. The Balaban J connectivity index is 1.20. The summed E-state index contributed by atoms with van der Waals surface area (Å²) in [5.74, 6) is -1.35. The van der Waals surface area contributed by atoms with Crippen LogP contribution in [-0.2, 0) is 20.9 Å². The minimum atomic E-state index is -0.695. The summed E-state index contributed by atoms with van der Waals surface area (Å²) in [6, 6.07) is 11.2. The Morgan fingerprint density at radius 1 is 1.06 bits per heavy atom. The van der Waals surface area contributed by atoms with Gasteiger partial charge in [-0.15, -0.1) is 0 Å². The Morgan fingerprint density at radius 2 is 1.86 bits per heavy atom. The van der Waals surface area contributed by atoms with E-state index in [0.717, 1.165) is 12.8 Å². The van der Waals surface area contributed by atoms with Gasteiger partial charge in [0.2, 0.25) is 11.8 Å². The largest absolute Gasteiger partial charge is 0.484 e. The van der Waals surface area contributed by atoms with Gasteiger partial charge in [0, 0.05) is 24.6 Å². The lowest BCUT2D eigenvalue weighted by atomic mass is 10.0. The minimum Gasteiger partial charge on any atom is -0.484 e. The SMILES string of the molecule is O=C1CCC(N2Cc3cc(OCC(=O)Nc4ccccc4C(=O)NC4CC4)ccc3C2=O)C(=O)N1. The van der Waals surface area contributed by atoms with Crippen molar-refractivity contribution < 1.29 is 28.7 Å². The number of fused-ring (bicyclic) bond motifs is 1. The number of para-hydroxylation sites is 1. The molecule has 2 aromatic rings. The molecule has 3 aliphatic rings. The zero-order valence-electron chi connectivity index (χ0n) is 18.8. The van der Waals surface area contributed by atoms with E-state index >= 15 is 0 Å². The van der Waals surface area contributed by atoms with Crippen LogP contribution in [0.4, 0.5) is 5.69 Å². The van der Waals surface area contributed by atoms with Gasteiger partial charge in [0.1, 0.15) is 11.8 Å². The number of imide groups is 1. The molecule has 1 saturated heterocycles. The number of rotatable bonds is 7. The van der Waals surface area contributed by atoms with Gasteiger partial charge in [0.25, 0.3) is 17.7 Å². The van der Waals surface area contributed by atoms with E-state index in [1.54, 1.807) is 42.5 Å². The second-order valence-corrected chi connectivity index (χ2v) is 8.85. The van der Waals surface area contributed by atoms with Crippen LogP contribution in [0.3, 0.4) is 0 Å². The van der Waals surface area contributed by atoms with Gasteiger partial charge < -0.3 is 20.3 Å². The zero-order valence-corrected chi connectivity index (χ0v) is 18.8. The molecule has 2 fully saturated rings. The molecule has 10 nitrogen and oxygen atoms in total. The predicted molar refractivity (Wildman–Crippen MR) is 124 cm³/mol. The van der Waals surface area contributed by atoms with Crippen LogP contribution in [0, 0.1) is 0 Å². The van der Waals surface area contributed by atoms with Gasteiger partial charge >= 0.3 is 0 Å². The lowest BCUT2D eigenvalue weighted by Crippen LogP contribution is -2.52. The second-order valence-electron chi connectivity index (χ2n) is 8.85. The van der Waals surface area contributed by atoms with Gasteiger partial charge in [-0.3, -0.25) is 29.3 Å². The fourth-order valence-corrected chi connectivity index (χ4v) is 4.26. The van der Waals surface area contributed by atoms with Crippen LogP contribution in [0.25, 0.3) is 0 Å². The molecule has 1 unspecified atom stereocenters. The van der Waals surface area contributed by atoms with Gasteiger partial charge in [0.05, 0.1) is 11.3 Å². The molecule has 2 aromatic carbocycles. The molecule has 1 atom stereocenters. The first-order valence-electron chi connectivity index (χ1n) is 11.5. The fraction of sp³-hybridized carbons (Fsp3) is 0.320. The van der Waals surface area contributed by atoms with E-state index in [1.165, 1.54) is 4.90 Å². The number of benzene rings is 2. The molecule has 180 valence electrons. The van der Waals surface area contributed by atoms with E-state index in [9.17, 15) is 24.0 Å². The van der Waals surface area contributed by atoms with E-state index in [2.05, 4.69) is 16.0 Å². The summed E-state index contributed by atoms with van der Waals surface area (Å²) in [5, 5.41) is 7.90. The molecular formula is C25H24N4O6. The molecule has 35 heavy (non-hydrogen) atoms. The summed E-state index contributed by atoms with van der Waals surface area (Å²) < 4.78 is 5.62. The van der Waals surface area contributed by atoms with Crippen molar-refractivity contribution in [1.29, 1.82) is 0 Å². The first kappa shape index (κ1) is 22.6. The number of anilines is 1. The maximum atomic E-state index is 12.8. The molecule has 0 radical (unpaired) electrons. The third kappa shape index (κ3) is 4.86. The summed E-state index contributed by atoms with van der Waals surface area (Å²) in [7, 11) is 0. The number of hydrogen-bond donors (Lipinski definition) is 3. The van der Waals surface area contributed by atoms with Gasteiger partial charge in [0.15, 0.2) is 6.61 Å². The second kappa shape index (κ2) is 9.21. The van der Waals surface area contributed by atoms with Crippen LogP contribution in [0.2, 0.25) is 0 Å². The molecule has 1 aliphatic carbocycles. The van der Waals surface area contributed by atoms with E-state index < -0.39 is 17.9 Å². The van der Waals surface area contributed by atoms with Crippen molar-refractivity contribution in [2.45, 2.75) is 44.3 Å². The number of carbonyl (C=O) groups excluding carboxylic acids is 5. The topological polar surface area (TPSA) is 134 Å². The average molecular weight is 476 g/mol. The Bertz CT molecular complexity index is 1240. The summed E-state index contributed by atoms with van der Waals surface area (Å²) in [5.41, 5.74) is 1.93. The first-order valence-corrected chi connectivity index (χ1v) is 11.5. The molecule has 5 amide bonds. The molecular weight excluding hydrogens is 452 g/mol. The number of nitrogens with one attached hydrogen (secondary N) is 3. The van der Waals surface area contributed by atoms with Crippen LogP contribution < -0.4 is 20.7 Å². The van der Waals surface area contributed by atoms with E-state index in [-0.39, 0.29) is 49.8 Å². The lowest BCUT2D eigenvalue weighted by molar-refractivity contribution is -0.137. The van der Waals surface area contributed by atoms with Crippen LogP contribution in [0.1, 0.15) is 52.0 Å². The number of carbonyl (C=O) groups is 5. The lowest BCUT2D eigenvalue weighted by Gasteiger charge is -2.29. The molecule has 1 saturated carbocycles. The summed E-state index contributed by atoms with van der Waals surface area (Å²) in [6.45, 7) is -0.0739. The van der Waals surface area contributed by atoms with Crippen LogP contribution in [-0.4, -0.2) is 53.1 Å². The van der Waals surface area contributed by atoms with E-state index in [4.69, 9.17) is 4.74 Å². The zero-order chi connectivity index (χ0) is 24.5. The van der Waals surface area contributed by atoms with Crippen molar-refractivity contribution in [1.82, 2.24) is 15.5 Å². The highest BCUT2D eigenvalue weighted by Gasteiger charge is 2.39. The molecule has 0 spiro atoms. The minimum absolute atomic E-state index is 0.186. The molecule has 2 heterocycles.